The van der Waals surface area contributed by atoms with Gasteiger partial charge in [0.05, 0.1) is 30.5 Å². The zero-order valence-corrected chi connectivity index (χ0v) is 22.6. The van der Waals surface area contributed by atoms with Crippen LogP contribution < -0.4 is 15.6 Å². The maximum Gasteiger partial charge on any atom is 0.267 e. The largest absolute Gasteiger partial charge is 0.497 e. The lowest BCUT2D eigenvalue weighted by atomic mass is 10.0. The summed E-state index contributed by atoms with van der Waals surface area (Å²) in [7, 11) is 1.59. The van der Waals surface area contributed by atoms with Crippen LogP contribution in [0.15, 0.2) is 83.9 Å². The van der Waals surface area contributed by atoms with Crippen molar-refractivity contribution < 1.29 is 9.13 Å². The second-order valence-corrected chi connectivity index (χ2v) is 10.1. The van der Waals surface area contributed by atoms with Crippen molar-refractivity contribution >= 4 is 5.78 Å². The smallest absolute Gasteiger partial charge is 0.267 e. The van der Waals surface area contributed by atoms with Crippen LogP contribution in [-0.2, 0) is 18.5 Å². The first-order chi connectivity index (χ1) is 18.8. The summed E-state index contributed by atoms with van der Waals surface area (Å²) < 4.78 is 23.6. The van der Waals surface area contributed by atoms with Gasteiger partial charge in [-0.3, -0.25) is 14.2 Å². The Bertz CT molecular complexity index is 1670. The normalized spacial score (nSPS) is 11.7. The van der Waals surface area contributed by atoms with Gasteiger partial charge in [-0.2, -0.15) is 0 Å². The van der Waals surface area contributed by atoms with E-state index in [9.17, 15) is 9.18 Å². The Morgan fingerprint density at radius 1 is 1.05 bits per heavy atom. The van der Waals surface area contributed by atoms with Crippen molar-refractivity contribution in [2.75, 3.05) is 13.7 Å². The van der Waals surface area contributed by atoms with Crippen LogP contribution in [0.2, 0.25) is 0 Å². The molecule has 3 heterocycles. The van der Waals surface area contributed by atoms with Crippen LogP contribution >= 0.6 is 0 Å². The van der Waals surface area contributed by atoms with Crippen molar-refractivity contribution in [3.05, 3.63) is 118 Å². The Morgan fingerprint density at radius 3 is 2.59 bits per heavy atom. The molecule has 0 bridgehead atoms. The average molecular weight is 526 g/mol. The monoisotopic (exact) mass is 525 g/mol. The first-order valence-corrected chi connectivity index (χ1v) is 12.9. The zero-order chi connectivity index (χ0) is 27.6. The predicted octanol–water partition coefficient (Wildman–Crippen LogP) is 5.13. The fraction of sp³-hybridized carbons (Fsp3) is 0.258. The molecule has 2 aromatic carbocycles. The summed E-state index contributed by atoms with van der Waals surface area (Å²) in [5.41, 5.74) is 3.44. The van der Waals surface area contributed by atoms with Crippen LogP contribution in [0.25, 0.3) is 16.9 Å². The van der Waals surface area contributed by atoms with E-state index in [-0.39, 0.29) is 17.9 Å². The van der Waals surface area contributed by atoms with Crippen molar-refractivity contribution in [1.29, 1.82) is 0 Å². The lowest BCUT2D eigenvalue weighted by Crippen LogP contribution is -2.38. The van der Waals surface area contributed by atoms with E-state index in [1.807, 2.05) is 73.9 Å². The van der Waals surface area contributed by atoms with Gasteiger partial charge in [0.2, 0.25) is 5.78 Å². The number of ether oxygens (including phenoxy) is 1. The number of imidazole rings is 1. The summed E-state index contributed by atoms with van der Waals surface area (Å²) in [5, 5.41) is 3.55. The van der Waals surface area contributed by atoms with Crippen LogP contribution in [-0.4, -0.2) is 32.6 Å². The van der Waals surface area contributed by atoms with E-state index in [0.29, 0.717) is 40.6 Å². The van der Waals surface area contributed by atoms with Crippen molar-refractivity contribution in [2.24, 2.45) is 0 Å². The van der Waals surface area contributed by atoms with Crippen molar-refractivity contribution in [2.45, 2.75) is 39.3 Å². The molecule has 0 aliphatic heterocycles. The predicted molar refractivity (Wildman–Crippen MR) is 151 cm³/mol. The molecule has 0 saturated heterocycles. The van der Waals surface area contributed by atoms with Gasteiger partial charge in [-0.05, 0) is 56.7 Å². The third-order valence-corrected chi connectivity index (χ3v) is 7.09. The summed E-state index contributed by atoms with van der Waals surface area (Å²) in [6.07, 6.45) is 4.33. The second kappa shape index (κ2) is 10.8. The minimum absolute atomic E-state index is 0.191. The highest BCUT2D eigenvalue weighted by molar-refractivity contribution is 5.68. The van der Waals surface area contributed by atoms with Gasteiger partial charge >= 0.3 is 0 Å². The van der Waals surface area contributed by atoms with E-state index in [4.69, 9.17) is 9.72 Å². The van der Waals surface area contributed by atoms with Gasteiger partial charge in [0, 0.05) is 42.3 Å². The molecular weight excluding hydrogens is 493 g/mol. The molecule has 200 valence electrons. The van der Waals surface area contributed by atoms with E-state index in [1.165, 1.54) is 6.07 Å². The molecule has 0 aliphatic carbocycles. The number of pyridine rings is 1. The molecule has 7 nitrogen and oxygen atoms in total. The fourth-order valence-electron chi connectivity index (χ4n) is 4.81. The molecular formula is C31H32FN5O2. The van der Waals surface area contributed by atoms with Gasteiger partial charge in [0.25, 0.3) is 5.56 Å². The lowest BCUT2D eigenvalue weighted by Gasteiger charge is -2.24. The molecule has 0 spiro atoms. The van der Waals surface area contributed by atoms with E-state index < -0.39 is 5.54 Å². The molecule has 5 aromatic rings. The first-order valence-electron chi connectivity index (χ1n) is 12.9. The summed E-state index contributed by atoms with van der Waals surface area (Å²) >= 11 is 0. The molecule has 39 heavy (non-hydrogen) atoms. The summed E-state index contributed by atoms with van der Waals surface area (Å²) in [5.74, 6) is 0.804. The van der Waals surface area contributed by atoms with E-state index in [2.05, 4.69) is 10.3 Å². The quantitative estimate of drug-likeness (QED) is 0.289. The van der Waals surface area contributed by atoms with Gasteiger partial charge in [-0.15, -0.1) is 0 Å². The number of methoxy groups -OCH3 is 1. The maximum atomic E-state index is 14.7. The molecule has 0 fully saturated rings. The van der Waals surface area contributed by atoms with Crippen LogP contribution in [0.1, 0.15) is 36.5 Å². The fourth-order valence-corrected chi connectivity index (χ4v) is 4.81. The van der Waals surface area contributed by atoms with Crippen molar-refractivity contribution in [1.82, 2.24) is 24.3 Å². The third-order valence-electron chi connectivity index (χ3n) is 7.09. The number of rotatable bonds is 9. The minimum atomic E-state index is -0.535. The molecule has 8 heteroatoms. The number of nitrogens with one attached hydrogen (secondary N) is 1. The van der Waals surface area contributed by atoms with E-state index in [1.54, 1.807) is 36.0 Å². The van der Waals surface area contributed by atoms with E-state index in [0.717, 1.165) is 17.7 Å². The Balaban J connectivity index is 1.61. The topological polar surface area (TPSA) is 73.4 Å². The average Bonchev–Trinajstić information content (AvgIpc) is 3.40. The highest BCUT2D eigenvalue weighted by atomic mass is 19.1. The van der Waals surface area contributed by atoms with Crippen LogP contribution in [0.4, 0.5) is 4.39 Å². The lowest BCUT2D eigenvalue weighted by molar-refractivity contribution is 0.396. The number of nitrogens with zero attached hydrogens (tertiary/aromatic N) is 4. The van der Waals surface area contributed by atoms with Crippen LogP contribution in [0.5, 0.6) is 5.75 Å². The first kappa shape index (κ1) is 26.3. The Morgan fingerprint density at radius 2 is 1.85 bits per heavy atom. The molecule has 0 amide bonds. The summed E-state index contributed by atoms with van der Waals surface area (Å²) in [6, 6.07) is 20.0. The minimum Gasteiger partial charge on any atom is -0.497 e. The van der Waals surface area contributed by atoms with Gasteiger partial charge in [0.1, 0.15) is 11.6 Å². The molecule has 1 N–H and O–H groups in total. The molecule has 0 saturated carbocycles. The van der Waals surface area contributed by atoms with Crippen LogP contribution in [0.3, 0.4) is 0 Å². The van der Waals surface area contributed by atoms with Gasteiger partial charge in [-0.25, -0.2) is 9.37 Å². The molecule has 0 radical (unpaired) electrons. The maximum absolute atomic E-state index is 14.7. The molecule has 3 aromatic heterocycles. The Kier molecular flexibility index (Phi) is 7.30. The zero-order valence-electron chi connectivity index (χ0n) is 22.6. The number of hydrogen-bond donors (Lipinski definition) is 1. The van der Waals surface area contributed by atoms with Crippen LogP contribution in [0, 0.1) is 12.7 Å². The van der Waals surface area contributed by atoms with Gasteiger partial charge in [0.15, 0.2) is 0 Å². The second-order valence-electron chi connectivity index (χ2n) is 10.1. The molecule has 0 unspecified atom stereocenters. The van der Waals surface area contributed by atoms with Gasteiger partial charge in [-0.1, -0.05) is 36.4 Å². The standard InChI is InChI=1S/C31H32FN5O2/c1-21-28(22-11-9-13-25(18-22)39-4)29(38)37-20-27(31(2,3)34-17-15-24-12-7-8-16-33-24)35-30(37)36(21)19-23-10-5-6-14-26(23)32/h5-14,16,18,20,34H,15,17,19H2,1-4H3. The van der Waals surface area contributed by atoms with E-state index >= 15 is 0 Å². The van der Waals surface area contributed by atoms with Crippen molar-refractivity contribution in [3.8, 4) is 16.9 Å². The highest BCUT2D eigenvalue weighted by Crippen LogP contribution is 2.27. The van der Waals surface area contributed by atoms with Crippen molar-refractivity contribution in [3.63, 3.8) is 0 Å². The third kappa shape index (κ3) is 5.33. The molecule has 5 rings (SSSR count). The Labute approximate surface area is 226 Å². The summed E-state index contributed by atoms with van der Waals surface area (Å²) in [6.45, 7) is 6.86. The number of hydrogen-bond acceptors (Lipinski definition) is 5. The number of benzene rings is 2. The highest BCUT2D eigenvalue weighted by Gasteiger charge is 2.26. The molecule has 0 atom stereocenters. The van der Waals surface area contributed by atoms with Gasteiger partial charge < -0.3 is 14.6 Å². The Hall–Kier alpha value is -4.30. The number of fused-ring (bicyclic) bond motifs is 1. The number of aromatic nitrogens is 4. The summed E-state index contributed by atoms with van der Waals surface area (Å²) in [4.78, 5) is 23.2. The number of halogens is 1. The SMILES string of the molecule is COc1cccc(-c2c(C)n(Cc3ccccc3F)c3nc(C(C)(C)NCCc4ccccn4)cn3c2=O)c1. The molecule has 0 aliphatic rings.